The van der Waals surface area contributed by atoms with E-state index < -0.39 is 17.7 Å². The highest BCUT2D eigenvalue weighted by Gasteiger charge is 2.39. The van der Waals surface area contributed by atoms with Gasteiger partial charge >= 0.3 is 17.7 Å². The van der Waals surface area contributed by atoms with Crippen molar-refractivity contribution in [2.45, 2.75) is 96.7 Å². The first-order valence-electron chi connectivity index (χ1n) is 8.57. The Hall–Kier alpha value is -1.10. The van der Waals surface area contributed by atoms with E-state index in [1.165, 1.54) is 44.9 Å². The van der Waals surface area contributed by atoms with Gasteiger partial charge in [-0.05, 0) is 6.42 Å². The molecule has 1 atom stereocenters. The summed E-state index contributed by atoms with van der Waals surface area (Å²) in [6.07, 6.45) is 12.5. The number of carbonyl (C=O) groups excluding carboxylic acids is 1. The molecule has 0 saturated carbocycles. The van der Waals surface area contributed by atoms with Gasteiger partial charge in [0.05, 0.1) is 0 Å². The number of carboxylic acid groups (broad SMARTS) is 1. The van der Waals surface area contributed by atoms with E-state index in [2.05, 4.69) is 11.7 Å². The van der Waals surface area contributed by atoms with Gasteiger partial charge in [0.1, 0.15) is 0 Å². The molecule has 22 heavy (non-hydrogen) atoms. The van der Waals surface area contributed by atoms with Gasteiger partial charge in [-0.1, -0.05) is 71.1 Å². The van der Waals surface area contributed by atoms with Crippen LogP contribution in [0.25, 0.3) is 0 Å². The minimum atomic E-state index is -2.37. The van der Waals surface area contributed by atoms with E-state index in [1.807, 2.05) is 0 Å². The van der Waals surface area contributed by atoms with Gasteiger partial charge in [-0.25, -0.2) is 4.79 Å². The molecule has 0 aliphatic heterocycles. The molecule has 0 saturated heterocycles. The van der Waals surface area contributed by atoms with Crippen molar-refractivity contribution in [3.8, 4) is 0 Å². The van der Waals surface area contributed by atoms with Crippen LogP contribution < -0.4 is 0 Å². The van der Waals surface area contributed by atoms with Crippen LogP contribution in [0.3, 0.4) is 0 Å². The Bertz CT molecular complexity index is 316. The third-order valence-corrected chi connectivity index (χ3v) is 3.77. The monoisotopic (exact) mass is 316 g/mol. The summed E-state index contributed by atoms with van der Waals surface area (Å²) in [5, 5.41) is 18.7. The lowest BCUT2D eigenvalue weighted by atomic mass is 10.0. The van der Waals surface area contributed by atoms with Gasteiger partial charge in [-0.2, -0.15) is 0 Å². The van der Waals surface area contributed by atoms with Gasteiger partial charge in [-0.15, -0.1) is 0 Å². The zero-order chi connectivity index (χ0) is 16.8. The fourth-order valence-corrected chi connectivity index (χ4v) is 2.47. The summed E-state index contributed by atoms with van der Waals surface area (Å²) in [5.74, 6) is -4.66. The highest BCUT2D eigenvalue weighted by Crippen LogP contribution is 2.19. The van der Waals surface area contributed by atoms with Crippen molar-refractivity contribution < 1.29 is 24.5 Å². The molecule has 0 radical (unpaired) electrons. The van der Waals surface area contributed by atoms with E-state index in [0.29, 0.717) is 6.42 Å². The van der Waals surface area contributed by atoms with Crippen molar-refractivity contribution in [1.82, 2.24) is 0 Å². The topological polar surface area (TPSA) is 83.8 Å². The molecule has 0 aliphatic carbocycles. The standard InChI is InChI=1S/C17H32O5/c1-3-4-5-6-7-8-9-10-11-12-13-14-17(21,16(19)20)22-15(2)18/h21H,3-14H2,1-2H3,(H,19,20). The van der Waals surface area contributed by atoms with Crippen molar-refractivity contribution in [3.63, 3.8) is 0 Å². The number of carboxylic acids is 1. The zero-order valence-corrected chi connectivity index (χ0v) is 14.1. The van der Waals surface area contributed by atoms with Gasteiger partial charge in [0.2, 0.25) is 0 Å². The highest BCUT2D eigenvalue weighted by molar-refractivity contribution is 5.79. The number of unbranched alkanes of at least 4 members (excludes halogenated alkanes) is 10. The molecule has 0 heterocycles. The molecule has 0 aliphatic rings. The third-order valence-electron chi connectivity index (χ3n) is 3.77. The van der Waals surface area contributed by atoms with Crippen LogP contribution in [0.15, 0.2) is 0 Å². The lowest BCUT2D eigenvalue weighted by molar-refractivity contribution is -0.224. The normalized spacial score (nSPS) is 13.6. The van der Waals surface area contributed by atoms with Crippen molar-refractivity contribution in [2.75, 3.05) is 0 Å². The Morgan fingerprint density at radius 3 is 1.64 bits per heavy atom. The van der Waals surface area contributed by atoms with E-state index in [9.17, 15) is 14.7 Å². The summed E-state index contributed by atoms with van der Waals surface area (Å²) in [6, 6.07) is 0. The number of ether oxygens (including phenoxy) is 1. The number of rotatable bonds is 14. The Balaban J connectivity index is 3.58. The summed E-state index contributed by atoms with van der Waals surface area (Å²) in [5.41, 5.74) is 0. The molecule has 0 aromatic carbocycles. The maximum atomic E-state index is 10.9. The molecule has 0 aromatic rings. The Labute approximate surface area is 134 Å². The molecule has 5 nitrogen and oxygen atoms in total. The van der Waals surface area contributed by atoms with E-state index in [1.54, 1.807) is 0 Å². The second kappa shape index (κ2) is 12.4. The first kappa shape index (κ1) is 20.9. The number of carbonyl (C=O) groups is 2. The Morgan fingerprint density at radius 2 is 1.27 bits per heavy atom. The molecular weight excluding hydrogens is 284 g/mol. The maximum absolute atomic E-state index is 10.9. The van der Waals surface area contributed by atoms with E-state index in [0.717, 1.165) is 26.2 Å². The van der Waals surface area contributed by atoms with Crippen molar-refractivity contribution >= 4 is 11.9 Å². The highest BCUT2D eigenvalue weighted by atomic mass is 16.7. The predicted molar refractivity (Wildman–Crippen MR) is 85.4 cm³/mol. The minimum absolute atomic E-state index is 0.0566. The molecule has 5 heteroatoms. The van der Waals surface area contributed by atoms with E-state index in [-0.39, 0.29) is 6.42 Å². The second-order valence-electron chi connectivity index (χ2n) is 5.97. The van der Waals surface area contributed by atoms with Crippen LogP contribution in [0.2, 0.25) is 0 Å². The molecule has 0 spiro atoms. The lowest BCUT2D eigenvalue weighted by Crippen LogP contribution is -2.42. The number of aliphatic hydroxyl groups is 1. The fraction of sp³-hybridized carbons (Fsp3) is 0.882. The largest absolute Gasteiger partial charge is 0.476 e. The molecule has 0 bridgehead atoms. The lowest BCUT2D eigenvalue weighted by Gasteiger charge is -2.22. The Kier molecular flexibility index (Phi) is 11.8. The van der Waals surface area contributed by atoms with Gasteiger partial charge < -0.3 is 14.9 Å². The quantitative estimate of drug-likeness (QED) is 0.287. The molecule has 130 valence electrons. The molecule has 0 aromatic heterocycles. The summed E-state index contributed by atoms with van der Waals surface area (Å²) in [7, 11) is 0. The van der Waals surface area contributed by atoms with Crippen LogP contribution in [-0.4, -0.2) is 27.9 Å². The van der Waals surface area contributed by atoms with Gasteiger partial charge in [0.15, 0.2) is 0 Å². The van der Waals surface area contributed by atoms with Gasteiger partial charge in [0, 0.05) is 13.3 Å². The summed E-state index contributed by atoms with van der Waals surface area (Å²) in [4.78, 5) is 21.8. The summed E-state index contributed by atoms with van der Waals surface area (Å²) >= 11 is 0. The SMILES string of the molecule is CCCCCCCCCCCCCC(O)(OC(C)=O)C(=O)O. The average Bonchev–Trinajstić information content (AvgIpc) is 2.43. The van der Waals surface area contributed by atoms with E-state index in [4.69, 9.17) is 5.11 Å². The second-order valence-corrected chi connectivity index (χ2v) is 5.97. The zero-order valence-electron chi connectivity index (χ0n) is 14.1. The summed E-state index contributed by atoms with van der Waals surface area (Å²) < 4.78 is 4.51. The van der Waals surface area contributed by atoms with Crippen molar-refractivity contribution in [2.24, 2.45) is 0 Å². The van der Waals surface area contributed by atoms with E-state index >= 15 is 0 Å². The van der Waals surface area contributed by atoms with Crippen molar-refractivity contribution in [3.05, 3.63) is 0 Å². The first-order chi connectivity index (χ1) is 10.4. The summed E-state index contributed by atoms with van der Waals surface area (Å²) in [6.45, 7) is 3.31. The van der Waals surface area contributed by atoms with Gasteiger partial charge in [-0.3, -0.25) is 4.79 Å². The van der Waals surface area contributed by atoms with Crippen LogP contribution >= 0.6 is 0 Å². The Morgan fingerprint density at radius 1 is 0.864 bits per heavy atom. The van der Waals surface area contributed by atoms with Crippen LogP contribution in [-0.2, 0) is 14.3 Å². The average molecular weight is 316 g/mol. The van der Waals surface area contributed by atoms with Crippen LogP contribution in [0, 0.1) is 0 Å². The molecular formula is C17H32O5. The molecule has 2 N–H and O–H groups in total. The molecule has 0 rings (SSSR count). The smallest absolute Gasteiger partial charge is 0.377 e. The fourth-order valence-electron chi connectivity index (χ4n) is 2.47. The third kappa shape index (κ3) is 10.6. The minimum Gasteiger partial charge on any atom is -0.476 e. The van der Waals surface area contributed by atoms with Crippen LogP contribution in [0.5, 0.6) is 0 Å². The van der Waals surface area contributed by atoms with Crippen molar-refractivity contribution in [1.29, 1.82) is 0 Å². The number of esters is 1. The van der Waals surface area contributed by atoms with Crippen LogP contribution in [0.4, 0.5) is 0 Å². The number of hydrogen-bond donors (Lipinski definition) is 2. The predicted octanol–water partition coefficient (Wildman–Crippen LogP) is 4.02. The number of aliphatic carboxylic acids is 1. The molecule has 0 fully saturated rings. The molecule has 1 unspecified atom stereocenters. The number of hydrogen-bond acceptors (Lipinski definition) is 4. The van der Waals surface area contributed by atoms with Crippen LogP contribution in [0.1, 0.15) is 90.9 Å². The molecule has 0 amide bonds. The van der Waals surface area contributed by atoms with Gasteiger partial charge in [0.25, 0.3) is 0 Å². The maximum Gasteiger partial charge on any atom is 0.377 e. The first-order valence-corrected chi connectivity index (χ1v) is 8.57.